The van der Waals surface area contributed by atoms with Crippen molar-refractivity contribution in [1.29, 1.82) is 0 Å². The molecule has 0 saturated heterocycles. The third-order valence-electron chi connectivity index (χ3n) is 7.06. The number of hydrogen-bond donors (Lipinski definition) is 1. The molecule has 3 rings (SSSR count). The molecule has 1 fully saturated rings. The molecule has 2 aliphatic rings. The Hall–Kier alpha value is -2.01. The van der Waals surface area contributed by atoms with E-state index >= 15 is 0 Å². The maximum atomic E-state index is 13.4. The van der Waals surface area contributed by atoms with Crippen molar-refractivity contribution in [1.82, 2.24) is 0 Å². The van der Waals surface area contributed by atoms with Gasteiger partial charge in [-0.2, -0.15) is 8.78 Å². The first-order valence-corrected chi connectivity index (χ1v) is 12.1. The molecule has 1 aromatic carbocycles. The van der Waals surface area contributed by atoms with Crippen LogP contribution in [0.5, 0.6) is 0 Å². The molecule has 0 atom stereocenters. The molecular formula is C27H36F2O3. The summed E-state index contributed by atoms with van der Waals surface area (Å²) in [5.74, 6) is -0.773. The van der Waals surface area contributed by atoms with Gasteiger partial charge in [-0.05, 0) is 60.8 Å². The van der Waals surface area contributed by atoms with Crippen LogP contribution in [0.1, 0.15) is 88.2 Å². The number of carboxylic acids is 1. The van der Waals surface area contributed by atoms with Gasteiger partial charge in [0.25, 0.3) is 0 Å². The van der Waals surface area contributed by atoms with Crippen molar-refractivity contribution in [3.8, 4) is 0 Å². The van der Waals surface area contributed by atoms with E-state index in [4.69, 9.17) is 4.74 Å². The first-order valence-electron chi connectivity index (χ1n) is 12.1. The number of carboxylic acid groups (broad SMARTS) is 1. The van der Waals surface area contributed by atoms with Gasteiger partial charge in [0.05, 0.1) is 5.92 Å². The molecule has 32 heavy (non-hydrogen) atoms. The van der Waals surface area contributed by atoms with Crippen molar-refractivity contribution in [2.75, 3.05) is 0 Å². The summed E-state index contributed by atoms with van der Waals surface area (Å²) in [4.78, 5) is 11.3. The molecule has 0 spiro atoms. The number of carbonyl (C=O) groups is 1. The van der Waals surface area contributed by atoms with E-state index in [0.717, 1.165) is 24.3 Å². The largest absolute Gasteiger partial charge is 0.481 e. The zero-order valence-corrected chi connectivity index (χ0v) is 19.0. The zero-order valence-electron chi connectivity index (χ0n) is 19.0. The van der Waals surface area contributed by atoms with Crippen LogP contribution in [-0.2, 0) is 15.1 Å². The van der Waals surface area contributed by atoms with Crippen molar-refractivity contribution < 1.29 is 23.4 Å². The lowest BCUT2D eigenvalue weighted by Gasteiger charge is -2.36. The Labute approximate surface area is 190 Å². The van der Waals surface area contributed by atoms with Gasteiger partial charge in [-0.15, -0.1) is 0 Å². The third-order valence-corrected chi connectivity index (χ3v) is 7.06. The molecular weight excluding hydrogens is 410 g/mol. The molecule has 0 heterocycles. The molecule has 3 nitrogen and oxygen atoms in total. The topological polar surface area (TPSA) is 46.5 Å². The van der Waals surface area contributed by atoms with Crippen LogP contribution in [0.4, 0.5) is 8.78 Å². The molecule has 0 amide bonds. The summed E-state index contributed by atoms with van der Waals surface area (Å²) in [5.41, 5.74) is 0.296. The number of unbranched alkanes of at least 4 members (excludes halogenated alkanes) is 4. The summed E-state index contributed by atoms with van der Waals surface area (Å²) in [6.07, 6.45) is 18.1. The Morgan fingerprint density at radius 1 is 1.06 bits per heavy atom. The fourth-order valence-electron chi connectivity index (χ4n) is 5.25. The number of alkyl halides is 2. The lowest BCUT2D eigenvalue weighted by molar-refractivity contribution is -0.180. The molecule has 0 radical (unpaired) electrons. The van der Waals surface area contributed by atoms with Gasteiger partial charge >= 0.3 is 12.6 Å². The molecule has 2 aliphatic carbocycles. The molecule has 0 bridgehead atoms. The number of benzene rings is 1. The Morgan fingerprint density at radius 3 is 2.34 bits per heavy atom. The van der Waals surface area contributed by atoms with Gasteiger partial charge in [0.15, 0.2) is 0 Å². The summed E-state index contributed by atoms with van der Waals surface area (Å²) in [6, 6.07) is 7.65. The molecule has 5 heteroatoms. The minimum Gasteiger partial charge on any atom is -0.481 e. The van der Waals surface area contributed by atoms with Gasteiger partial charge in [-0.3, -0.25) is 4.79 Å². The van der Waals surface area contributed by atoms with Crippen molar-refractivity contribution in [3.05, 3.63) is 59.7 Å². The molecule has 1 saturated carbocycles. The van der Waals surface area contributed by atoms with E-state index in [1.54, 1.807) is 0 Å². The van der Waals surface area contributed by atoms with Crippen LogP contribution in [0.2, 0.25) is 0 Å². The van der Waals surface area contributed by atoms with Gasteiger partial charge in [-0.25, -0.2) is 0 Å². The number of ether oxygens (including phenoxy) is 1. The normalized spacial score (nSPS) is 27.7. The van der Waals surface area contributed by atoms with Crippen LogP contribution < -0.4 is 0 Å². The number of hydrogen-bond acceptors (Lipinski definition) is 2. The number of rotatable bonds is 11. The molecule has 0 unspecified atom stereocenters. The van der Waals surface area contributed by atoms with Crippen molar-refractivity contribution >= 4 is 5.97 Å². The van der Waals surface area contributed by atoms with E-state index in [0.29, 0.717) is 11.5 Å². The van der Waals surface area contributed by atoms with E-state index in [1.165, 1.54) is 75.7 Å². The molecule has 0 aliphatic heterocycles. The fourth-order valence-corrected chi connectivity index (χ4v) is 5.25. The lowest BCUT2D eigenvalue weighted by atomic mass is 9.73. The van der Waals surface area contributed by atoms with Gasteiger partial charge in [0.1, 0.15) is 5.60 Å². The second kappa shape index (κ2) is 11.7. The van der Waals surface area contributed by atoms with Gasteiger partial charge in [0, 0.05) is 0 Å². The highest BCUT2D eigenvalue weighted by atomic mass is 19.3. The monoisotopic (exact) mass is 446 g/mol. The average Bonchev–Trinajstić information content (AvgIpc) is 2.79. The second-order valence-corrected chi connectivity index (χ2v) is 9.26. The lowest BCUT2D eigenvalue weighted by Crippen LogP contribution is -2.32. The maximum absolute atomic E-state index is 13.4. The van der Waals surface area contributed by atoms with Crippen LogP contribution in [-0.4, -0.2) is 17.7 Å². The number of halogens is 2. The maximum Gasteiger partial charge on any atom is 0.346 e. The van der Waals surface area contributed by atoms with Crippen LogP contribution in [0.15, 0.2) is 48.6 Å². The molecule has 0 aromatic heterocycles. The Bertz CT molecular complexity index is 780. The molecule has 176 valence electrons. The van der Waals surface area contributed by atoms with Crippen LogP contribution in [0.3, 0.4) is 0 Å². The van der Waals surface area contributed by atoms with Gasteiger partial charge in [0.2, 0.25) is 0 Å². The van der Waals surface area contributed by atoms with E-state index in [1.807, 2.05) is 24.3 Å². The first kappa shape index (κ1) is 24.6. The summed E-state index contributed by atoms with van der Waals surface area (Å²) in [5, 5.41) is 9.26. The van der Waals surface area contributed by atoms with E-state index in [-0.39, 0.29) is 0 Å². The first-order chi connectivity index (χ1) is 15.4. The smallest absolute Gasteiger partial charge is 0.346 e. The zero-order chi connectivity index (χ0) is 23.0. The average molecular weight is 447 g/mol. The fraction of sp³-hybridized carbons (Fsp3) is 0.593. The second-order valence-electron chi connectivity index (χ2n) is 9.26. The Balaban J connectivity index is 1.72. The van der Waals surface area contributed by atoms with Crippen molar-refractivity contribution in [3.63, 3.8) is 0 Å². The molecule has 1 aromatic rings. The van der Waals surface area contributed by atoms with Crippen LogP contribution >= 0.6 is 0 Å². The quantitative estimate of drug-likeness (QED) is 0.281. The van der Waals surface area contributed by atoms with E-state index in [2.05, 4.69) is 6.92 Å². The summed E-state index contributed by atoms with van der Waals surface area (Å²) < 4.78 is 32.0. The SMILES string of the molecule is CCCCCCCC1CCC(c2ccccc2C2(OC(F)F)C=CC(C(=O)O)C=C2)CC1. The molecule has 1 N–H and O–H groups in total. The van der Waals surface area contributed by atoms with Crippen molar-refractivity contribution in [2.24, 2.45) is 11.8 Å². The summed E-state index contributed by atoms with van der Waals surface area (Å²) in [7, 11) is 0. The van der Waals surface area contributed by atoms with Gasteiger partial charge in [-0.1, -0.05) is 81.9 Å². The predicted octanol–water partition coefficient (Wildman–Crippen LogP) is 7.58. The number of aliphatic carboxylic acids is 1. The van der Waals surface area contributed by atoms with Crippen LogP contribution in [0, 0.1) is 11.8 Å². The predicted molar refractivity (Wildman–Crippen MR) is 123 cm³/mol. The highest BCUT2D eigenvalue weighted by molar-refractivity contribution is 5.75. The highest BCUT2D eigenvalue weighted by Crippen LogP contribution is 2.44. The van der Waals surface area contributed by atoms with Gasteiger partial charge < -0.3 is 9.84 Å². The Kier molecular flexibility index (Phi) is 9.03. The highest BCUT2D eigenvalue weighted by Gasteiger charge is 2.38. The van der Waals surface area contributed by atoms with Crippen molar-refractivity contribution in [2.45, 2.75) is 89.3 Å². The summed E-state index contributed by atoms with van der Waals surface area (Å²) in [6.45, 7) is -0.735. The third kappa shape index (κ3) is 6.28. The van der Waals surface area contributed by atoms with E-state index < -0.39 is 24.1 Å². The standard InChI is InChI=1S/C27H36F2O3/c1-2-3-4-5-6-9-20-12-14-21(15-13-20)23-10-7-8-11-24(23)27(32-26(28)29)18-16-22(17-19-27)25(30)31/h7-8,10-11,16-22,26H,2-6,9,12-15H2,1H3,(H,30,31). The minimum atomic E-state index is -2.97. The van der Waals surface area contributed by atoms with E-state index in [9.17, 15) is 18.7 Å². The summed E-state index contributed by atoms with van der Waals surface area (Å²) >= 11 is 0. The minimum absolute atomic E-state index is 0.305. The Morgan fingerprint density at radius 2 is 1.72 bits per heavy atom. The van der Waals surface area contributed by atoms with Crippen LogP contribution in [0.25, 0.3) is 0 Å².